The Kier molecular flexibility index (Phi) is 8.00. The van der Waals surface area contributed by atoms with E-state index in [1.165, 1.54) is 0 Å². The summed E-state index contributed by atoms with van der Waals surface area (Å²) in [5.41, 5.74) is 4.39. The van der Waals surface area contributed by atoms with Crippen molar-refractivity contribution in [3.63, 3.8) is 0 Å². The molecule has 0 aliphatic heterocycles. The molecule has 2 N–H and O–H groups in total. The summed E-state index contributed by atoms with van der Waals surface area (Å²) in [6.07, 6.45) is -0.190. The molecule has 1 amide bonds. The van der Waals surface area contributed by atoms with Gasteiger partial charge < -0.3 is 20.1 Å². The van der Waals surface area contributed by atoms with E-state index in [9.17, 15) is 9.90 Å². The molecule has 0 radical (unpaired) electrons. The van der Waals surface area contributed by atoms with Gasteiger partial charge in [-0.3, -0.25) is 4.79 Å². The first-order valence-corrected chi connectivity index (χ1v) is 12.4. The van der Waals surface area contributed by atoms with Crippen molar-refractivity contribution in [1.29, 1.82) is 0 Å². The van der Waals surface area contributed by atoms with Crippen LogP contribution in [0.1, 0.15) is 46.1 Å². The zero-order chi connectivity index (χ0) is 24.9. The Morgan fingerprint density at radius 3 is 2.57 bits per heavy atom. The van der Waals surface area contributed by atoms with Crippen molar-refractivity contribution in [2.24, 2.45) is 4.99 Å². The maximum absolute atomic E-state index is 12.8. The number of amidine groups is 1. The number of nitrogens with one attached hydrogen (secondary N) is 1. The van der Waals surface area contributed by atoms with E-state index in [-0.39, 0.29) is 11.9 Å². The second-order valence-electron chi connectivity index (χ2n) is 8.76. The summed E-state index contributed by atoms with van der Waals surface area (Å²) in [5.74, 6) is 0.620. The van der Waals surface area contributed by atoms with Gasteiger partial charge >= 0.3 is 0 Å². The molecule has 35 heavy (non-hydrogen) atoms. The molecular formula is C28H30BrN3O3. The van der Waals surface area contributed by atoms with Crippen LogP contribution in [-0.4, -0.2) is 48.6 Å². The summed E-state index contributed by atoms with van der Waals surface area (Å²) in [6.45, 7) is 2.51. The van der Waals surface area contributed by atoms with Gasteiger partial charge in [-0.1, -0.05) is 52.3 Å². The number of ether oxygens (including phenoxy) is 1. The third-order valence-electron chi connectivity index (χ3n) is 6.45. The summed E-state index contributed by atoms with van der Waals surface area (Å²) in [7, 11) is 3.71. The molecule has 7 heteroatoms. The van der Waals surface area contributed by atoms with Gasteiger partial charge in [0.2, 0.25) is 0 Å². The molecule has 182 valence electrons. The van der Waals surface area contributed by atoms with Gasteiger partial charge in [-0.25, -0.2) is 4.99 Å². The van der Waals surface area contributed by atoms with Crippen molar-refractivity contribution < 1.29 is 14.6 Å². The molecule has 0 spiro atoms. The summed E-state index contributed by atoms with van der Waals surface area (Å²) in [4.78, 5) is 19.8. The van der Waals surface area contributed by atoms with Crippen LogP contribution in [-0.2, 0) is 11.2 Å². The Hall–Kier alpha value is -3.00. The number of aliphatic hydroxyl groups excluding tert-OH is 1. The largest absolute Gasteiger partial charge is 0.390 e. The van der Waals surface area contributed by atoms with Gasteiger partial charge in [0.25, 0.3) is 5.91 Å². The molecule has 0 unspecified atom stereocenters. The van der Waals surface area contributed by atoms with Crippen LogP contribution in [0, 0.1) is 0 Å². The first-order chi connectivity index (χ1) is 16.9. The van der Waals surface area contributed by atoms with Gasteiger partial charge in [0.1, 0.15) is 5.84 Å². The lowest BCUT2D eigenvalue weighted by Crippen LogP contribution is -2.33. The molecule has 6 nitrogen and oxygen atoms in total. The summed E-state index contributed by atoms with van der Waals surface area (Å²) >= 11 is 3.39. The number of aliphatic hydroxyl groups is 1. The molecule has 0 heterocycles. The highest BCUT2D eigenvalue weighted by atomic mass is 79.9. The number of aliphatic imine (C=N–C) groups is 1. The fourth-order valence-electron chi connectivity index (χ4n) is 4.43. The Labute approximate surface area is 214 Å². The van der Waals surface area contributed by atoms with Gasteiger partial charge in [0, 0.05) is 30.6 Å². The van der Waals surface area contributed by atoms with Gasteiger partial charge in [0.15, 0.2) is 0 Å². The van der Waals surface area contributed by atoms with E-state index >= 15 is 0 Å². The number of halogens is 1. The number of benzene rings is 3. The number of fused-ring (bicyclic) bond motifs is 1. The second-order valence-corrected chi connectivity index (χ2v) is 9.68. The van der Waals surface area contributed by atoms with Crippen LogP contribution in [0.25, 0.3) is 0 Å². The van der Waals surface area contributed by atoms with Gasteiger partial charge in [0.05, 0.1) is 30.5 Å². The molecule has 0 saturated carbocycles. The van der Waals surface area contributed by atoms with Gasteiger partial charge in [-0.05, 0) is 60.0 Å². The monoisotopic (exact) mass is 535 g/mol. The van der Waals surface area contributed by atoms with E-state index < -0.39 is 12.1 Å². The molecule has 1 aliphatic rings. The van der Waals surface area contributed by atoms with E-state index in [2.05, 4.69) is 38.3 Å². The van der Waals surface area contributed by atoms with Crippen molar-refractivity contribution in [1.82, 2.24) is 10.2 Å². The van der Waals surface area contributed by atoms with Crippen molar-refractivity contribution >= 4 is 33.4 Å². The second kappa shape index (κ2) is 11.2. The third kappa shape index (κ3) is 5.81. The van der Waals surface area contributed by atoms with Crippen molar-refractivity contribution in [3.8, 4) is 0 Å². The van der Waals surface area contributed by atoms with Crippen LogP contribution < -0.4 is 5.32 Å². The van der Waals surface area contributed by atoms with E-state index in [0.717, 1.165) is 32.7 Å². The highest BCUT2D eigenvalue weighted by molar-refractivity contribution is 9.10. The molecule has 3 atom stereocenters. The minimum absolute atomic E-state index is 0.0270. The highest BCUT2D eigenvalue weighted by Gasteiger charge is 2.32. The molecule has 0 aromatic heterocycles. The Balaban J connectivity index is 1.56. The lowest BCUT2D eigenvalue weighted by Gasteiger charge is -2.29. The SMILES string of the molecule is COC[C@H](c1ccccc1)N(C)C(C)=Nc1ccc2c(c1)[C@@H](NC(=O)c1ccc(Br)cc1)[C@H](O)C2. The average molecular weight is 536 g/mol. The van der Waals surface area contributed by atoms with Gasteiger partial charge in [-0.2, -0.15) is 0 Å². The minimum atomic E-state index is -0.684. The number of methoxy groups -OCH3 is 1. The normalized spacial score (nSPS) is 18.1. The molecular weight excluding hydrogens is 506 g/mol. The number of carbonyl (C=O) groups is 1. The number of rotatable bonds is 7. The highest BCUT2D eigenvalue weighted by Crippen LogP contribution is 2.35. The standard InChI is InChI=1S/C28H30BrN3O3/c1-18(32(2)25(17-35-3)19-7-5-4-6-8-19)30-23-14-11-21-15-26(33)27(24(21)16-23)31-28(34)20-9-12-22(29)13-10-20/h4-14,16,25-27,33H,15,17H2,1-3H3,(H,31,34)/t25-,26-,27-/m1/s1. The fraction of sp³-hybridized carbons (Fsp3) is 0.286. The van der Waals surface area contributed by atoms with E-state index in [1.807, 2.05) is 62.5 Å². The van der Waals surface area contributed by atoms with Crippen LogP contribution in [0.4, 0.5) is 5.69 Å². The maximum Gasteiger partial charge on any atom is 0.251 e. The molecule has 4 rings (SSSR count). The predicted molar refractivity (Wildman–Crippen MR) is 142 cm³/mol. The lowest BCUT2D eigenvalue weighted by molar-refractivity contribution is 0.0858. The summed E-state index contributed by atoms with van der Waals surface area (Å²) < 4.78 is 6.38. The number of nitrogens with zero attached hydrogens (tertiary/aromatic N) is 2. The van der Waals surface area contributed by atoms with Crippen molar-refractivity contribution in [3.05, 3.63) is 99.5 Å². The first kappa shape index (κ1) is 25.1. The van der Waals surface area contributed by atoms with Crippen LogP contribution in [0.15, 0.2) is 82.3 Å². The summed E-state index contributed by atoms with van der Waals surface area (Å²) in [6, 6.07) is 22.8. The molecule has 1 aliphatic carbocycles. The number of hydrogen-bond donors (Lipinski definition) is 2. The minimum Gasteiger partial charge on any atom is -0.390 e. The number of hydrogen-bond acceptors (Lipinski definition) is 4. The van der Waals surface area contributed by atoms with Crippen LogP contribution in [0.5, 0.6) is 0 Å². The number of carbonyl (C=O) groups excluding carboxylic acids is 1. The summed E-state index contributed by atoms with van der Waals surface area (Å²) in [5, 5.41) is 13.7. The smallest absolute Gasteiger partial charge is 0.251 e. The van der Waals surface area contributed by atoms with Crippen LogP contribution in [0.2, 0.25) is 0 Å². The molecule has 3 aromatic carbocycles. The quantitative estimate of drug-likeness (QED) is 0.322. The predicted octanol–water partition coefficient (Wildman–Crippen LogP) is 5.21. The number of likely N-dealkylation sites (N-methyl/N-ethyl adjacent to an activating group) is 1. The van der Waals surface area contributed by atoms with E-state index in [0.29, 0.717) is 18.6 Å². The molecule has 3 aromatic rings. The topological polar surface area (TPSA) is 74.2 Å². The molecule has 0 saturated heterocycles. The Morgan fingerprint density at radius 2 is 1.89 bits per heavy atom. The zero-order valence-corrected chi connectivity index (χ0v) is 21.7. The fourth-order valence-corrected chi connectivity index (χ4v) is 4.70. The van der Waals surface area contributed by atoms with E-state index in [1.54, 1.807) is 19.2 Å². The molecule has 0 bridgehead atoms. The first-order valence-electron chi connectivity index (χ1n) is 11.6. The Bertz CT molecular complexity index is 1200. The van der Waals surface area contributed by atoms with Crippen molar-refractivity contribution in [2.75, 3.05) is 20.8 Å². The number of amides is 1. The average Bonchev–Trinajstić information content (AvgIpc) is 3.17. The zero-order valence-electron chi connectivity index (χ0n) is 20.1. The Morgan fingerprint density at radius 1 is 1.17 bits per heavy atom. The lowest BCUT2D eigenvalue weighted by atomic mass is 10.1. The van der Waals surface area contributed by atoms with Gasteiger partial charge in [-0.15, -0.1) is 0 Å². The van der Waals surface area contributed by atoms with Crippen molar-refractivity contribution in [2.45, 2.75) is 31.5 Å². The maximum atomic E-state index is 12.8. The van der Waals surface area contributed by atoms with Crippen LogP contribution >= 0.6 is 15.9 Å². The molecule has 0 fully saturated rings. The van der Waals surface area contributed by atoms with Crippen LogP contribution in [0.3, 0.4) is 0 Å². The third-order valence-corrected chi connectivity index (χ3v) is 6.98. The van der Waals surface area contributed by atoms with E-state index in [4.69, 9.17) is 9.73 Å².